The van der Waals surface area contributed by atoms with Crippen molar-refractivity contribution in [2.45, 2.75) is 12.6 Å². The van der Waals surface area contributed by atoms with Crippen LogP contribution in [0.5, 0.6) is 0 Å². The van der Waals surface area contributed by atoms with E-state index < -0.39 is 25.2 Å². The van der Waals surface area contributed by atoms with E-state index in [-0.39, 0.29) is 12.3 Å². The second-order valence-corrected chi connectivity index (χ2v) is 5.55. The molecule has 0 radical (unpaired) electrons. The van der Waals surface area contributed by atoms with E-state index in [4.69, 9.17) is 5.11 Å². The lowest BCUT2D eigenvalue weighted by Gasteiger charge is -2.22. The molecule has 0 fully saturated rings. The first kappa shape index (κ1) is 17.8. The van der Waals surface area contributed by atoms with Crippen molar-refractivity contribution in [3.63, 3.8) is 0 Å². The smallest absolute Gasteiger partial charge is 0.395 e. The van der Waals surface area contributed by atoms with E-state index in [1.54, 1.807) is 0 Å². The van der Waals surface area contributed by atoms with Crippen LogP contribution in [0.1, 0.15) is 5.56 Å². The lowest BCUT2D eigenvalue weighted by molar-refractivity contribution is -0.160. The Kier molecular flexibility index (Phi) is 7.60. The van der Waals surface area contributed by atoms with Crippen LogP contribution in [0.3, 0.4) is 0 Å². The first-order valence-corrected chi connectivity index (χ1v) is 7.65. The Balaban J connectivity index is 2.33. The summed E-state index contributed by atoms with van der Waals surface area (Å²) in [6.07, 6.45) is -3.68. The highest BCUT2D eigenvalue weighted by Crippen LogP contribution is 2.17. The zero-order chi connectivity index (χ0) is 15.7. The fourth-order valence-electron chi connectivity index (χ4n) is 1.71. The highest BCUT2D eigenvalue weighted by atomic mass is 32.2. The van der Waals surface area contributed by atoms with Gasteiger partial charge in [0.1, 0.15) is 6.54 Å². The van der Waals surface area contributed by atoms with E-state index in [0.717, 1.165) is 12.0 Å². The molecule has 1 amide bonds. The molecule has 0 heterocycles. The number of carbonyl (C=O) groups is 1. The SMILES string of the molecule is O=C(CSCCc1ccccc1)N(CCO)CC(F)(F)F. The highest BCUT2D eigenvalue weighted by Gasteiger charge is 2.32. The van der Waals surface area contributed by atoms with Gasteiger partial charge in [-0.2, -0.15) is 24.9 Å². The summed E-state index contributed by atoms with van der Waals surface area (Å²) in [6, 6.07) is 9.66. The minimum atomic E-state index is -4.44. The standard InChI is InChI=1S/C14H18F3NO2S/c15-14(16,17)11-18(7-8-19)13(20)10-21-9-6-12-4-2-1-3-5-12/h1-5,19H,6-11H2. The van der Waals surface area contributed by atoms with Crippen molar-refractivity contribution in [1.29, 1.82) is 0 Å². The van der Waals surface area contributed by atoms with Crippen LogP contribution in [0, 0.1) is 0 Å². The normalized spacial score (nSPS) is 11.4. The van der Waals surface area contributed by atoms with Gasteiger partial charge in [0.25, 0.3) is 0 Å². The van der Waals surface area contributed by atoms with Crippen molar-refractivity contribution in [2.24, 2.45) is 0 Å². The van der Waals surface area contributed by atoms with Crippen molar-refractivity contribution >= 4 is 17.7 Å². The summed E-state index contributed by atoms with van der Waals surface area (Å²) < 4.78 is 37.0. The van der Waals surface area contributed by atoms with Crippen molar-refractivity contribution in [2.75, 3.05) is 31.2 Å². The first-order valence-electron chi connectivity index (χ1n) is 6.49. The quantitative estimate of drug-likeness (QED) is 0.747. The Hall–Kier alpha value is -1.21. The van der Waals surface area contributed by atoms with Gasteiger partial charge in [-0.25, -0.2) is 0 Å². The number of carbonyl (C=O) groups excluding carboxylic acids is 1. The van der Waals surface area contributed by atoms with Gasteiger partial charge in [-0.15, -0.1) is 0 Å². The molecule has 0 aromatic heterocycles. The van der Waals surface area contributed by atoms with Crippen LogP contribution >= 0.6 is 11.8 Å². The van der Waals surface area contributed by atoms with Gasteiger partial charge in [-0.1, -0.05) is 30.3 Å². The van der Waals surface area contributed by atoms with Crippen LogP contribution < -0.4 is 0 Å². The number of aliphatic hydroxyl groups is 1. The van der Waals surface area contributed by atoms with E-state index in [9.17, 15) is 18.0 Å². The summed E-state index contributed by atoms with van der Waals surface area (Å²) in [5.41, 5.74) is 1.12. The maximum atomic E-state index is 12.3. The van der Waals surface area contributed by atoms with Crippen molar-refractivity contribution in [3.05, 3.63) is 35.9 Å². The summed E-state index contributed by atoms with van der Waals surface area (Å²) in [6.45, 7) is -2.08. The highest BCUT2D eigenvalue weighted by molar-refractivity contribution is 7.99. The number of hydrogen-bond acceptors (Lipinski definition) is 3. The van der Waals surface area contributed by atoms with Crippen LogP contribution in [0.4, 0.5) is 13.2 Å². The summed E-state index contributed by atoms with van der Waals surface area (Å²) in [5, 5.41) is 8.73. The Morgan fingerprint density at radius 2 is 1.90 bits per heavy atom. The molecule has 1 aromatic rings. The molecular formula is C14H18F3NO2S. The van der Waals surface area contributed by atoms with E-state index in [1.165, 1.54) is 11.8 Å². The van der Waals surface area contributed by atoms with E-state index in [2.05, 4.69) is 0 Å². The molecule has 0 spiro atoms. The average molecular weight is 321 g/mol. The molecule has 0 saturated heterocycles. The molecule has 0 aliphatic heterocycles. The molecule has 3 nitrogen and oxygen atoms in total. The van der Waals surface area contributed by atoms with E-state index in [1.807, 2.05) is 30.3 Å². The summed E-state index contributed by atoms with van der Waals surface area (Å²) in [4.78, 5) is 12.4. The number of thioether (sulfide) groups is 1. The van der Waals surface area contributed by atoms with E-state index in [0.29, 0.717) is 10.7 Å². The molecule has 1 N–H and O–H groups in total. The fraction of sp³-hybridized carbons (Fsp3) is 0.500. The number of alkyl halides is 3. The van der Waals surface area contributed by atoms with Gasteiger partial charge >= 0.3 is 6.18 Å². The molecule has 7 heteroatoms. The minimum Gasteiger partial charge on any atom is -0.395 e. The molecule has 0 atom stereocenters. The Labute approximate surface area is 126 Å². The second kappa shape index (κ2) is 8.94. The third-order valence-electron chi connectivity index (χ3n) is 2.70. The lowest BCUT2D eigenvalue weighted by atomic mass is 10.2. The molecule has 0 aliphatic rings. The zero-order valence-electron chi connectivity index (χ0n) is 11.5. The van der Waals surface area contributed by atoms with Gasteiger partial charge in [-0.3, -0.25) is 4.79 Å². The molecule has 118 valence electrons. The lowest BCUT2D eigenvalue weighted by Crippen LogP contribution is -2.41. The number of benzene rings is 1. The summed E-state index contributed by atoms with van der Waals surface area (Å²) in [5.74, 6) is 0.0527. The molecule has 0 saturated carbocycles. The molecule has 1 aromatic carbocycles. The summed E-state index contributed by atoms with van der Waals surface area (Å²) >= 11 is 1.30. The topological polar surface area (TPSA) is 40.5 Å². The maximum Gasteiger partial charge on any atom is 0.406 e. The van der Waals surface area contributed by atoms with Crippen molar-refractivity contribution < 1.29 is 23.1 Å². The van der Waals surface area contributed by atoms with Crippen LogP contribution in [0.2, 0.25) is 0 Å². The first-order chi connectivity index (χ1) is 9.92. The number of nitrogens with zero attached hydrogens (tertiary/aromatic N) is 1. The van der Waals surface area contributed by atoms with Crippen LogP contribution in [-0.2, 0) is 11.2 Å². The van der Waals surface area contributed by atoms with Crippen LogP contribution in [0.25, 0.3) is 0 Å². The number of aryl methyl sites for hydroxylation is 1. The van der Waals surface area contributed by atoms with Crippen molar-refractivity contribution in [1.82, 2.24) is 4.90 Å². The monoisotopic (exact) mass is 321 g/mol. The number of rotatable bonds is 8. The molecule has 0 unspecified atom stereocenters. The van der Waals surface area contributed by atoms with Gasteiger partial charge < -0.3 is 10.0 Å². The van der Waals surface area contributed by atoms with Crippen LogP contribution in [0.15, 0.2) is 30.3 Å². The van der Waals surface area contributed by atoms with Crippen molar-refractivity contribution in [3.8, 4) is 0 Å². The third kappa shape index (κ3) is 7.96. The van der Waals surface area contributed by atoms with Gasteiger partial charge in [-0.05, 0) is 17.7 Å². The molecule has 1 rings (SSSR count). The van der Waals surface area contributed by atoms with Gasteiger partial charge in [0, 0.05) is 6.54 Å². The predicted molar refractivity (Wildman–Crippen MR) is 77.2 cm³/mol. The third-order valence-corrected chi connectivity index (χ3v) is 3.64. The average Bonchev–Trinajstić information content (AvgIpc) is 2.42. The zero-order valence-corrected chi connectivity index (χ0v) is 12.3. The maximum absolute atomic E-state index is 12.3. The fourth-order valence-corrected chi connectivity index (χ4v) is 2.60. The Morgan fingerprint density at radius 3 is 2.48 bits per heavy atom. The predicted octanol–water partition coefficient (Wildman–Crippen LogP) is 2.35. The molecule has 0 aliphatic carbocycles. The molecule has 21 heavy (non-hydrogen) atoms. The van der Waals surface area contributed by atoms with E-state index >= 15 is 0 Å². The molecule has 0 bridgehead atoms. The largest absolute Gasteiger partial charge is 0.406 e. The number of amides is 1. The van der Waals surface area contributed by atoms with Gasteiger partial charge in [0.15, 0.2) is 0 Å². The Morgan fingerprint density at radius 1 is 1.24 bits per heavy atom. The number of hydrogen-bond donors (Lipinski definition) is 1. The van der Waals surface area contributed by atoms with Crippen LogP contribution in [-0.4, -0.2) is 53.3 Å². The Bertz CT molecular complexity index is 426. The minimum absolute atomic E-state index is 0.0110. The summed E-state index contributed by atoms with van der Waals surface area (Å²) in [7, 11) is 0. The number of halogens is 3. The van der Waals surface area contributed by atoms with Gasteiger partial charge in [0.2, 0.25) is 5.91 Å². The number of aliphatic hydroxyl groups excluding tert-OH is 1. The molecular weight excluding hydrogens is 303 g/mol. The second-order valence-electron chi connectivity index (χ2n) is 4.44. The van der Waals surface area contributed by atoms with Gasteiger partial charge in [0.05, 0.1) is 12.4 Å².